The van der Waals surface area contributed by atoms with Crippen molar-refractivity contribution in [1.29, 1.82) is 0 Å². The van der Waals surface area contributed by atoms with Gasteiger partial charge >= 0.3 is 0 Å². The van der Waals surface area contributed by atoms with Crippen molar-refractivity contribution < 1.29 is 19.1 Å². The number of hydrogen-bond donors (Lipinski definition) is 2. The molecule has 0 heterocycles. The van der Waals surface area contributed by atoms with Crippen molar-refractivity contribution in [2.45, 2.75) is 84.3 Å². The Balaban J connectivity index is 4.00. The van der Waals surface area contributed by atoms with Crippen LogP contribution in [0.5, 0.6) is 0 Å². The van der Waals surface area contributed by atoms with Gasteiger partial charge in [-0.3, -0.25) is 4.79 Å². The second kappa shape index (κ2) is 13.2. The van der Waals surface area contributed by atoms with E-state index in [9.17, 15) is 9.59 Å². The number of ketones is 1. The monoisotopic (exact) mass is 372 g/mol. The summed E-state index contributed by atoms with van der Waals surface area (Å²) in [5.74, 6) is 0.0962. The topological polar surface area (TPSA) is 76.7 Å². The number of carbonyl (C=O) groups excluding carboxylic acids is 2. The van der Waals surface area contributed by atoms with E-state index in [0.717, 1.165) is 25.8 Å². The predicted molar refractivity (Wildman–Crippen MR) is 105 cm³/mol. The molecule has 0 aromatic heterocycles. The van der Waals surface area contributed by atoms with Gasteiger partial charge in [-0.2, -0.15) is 0 Å². The van der Waals surface area contributed by atoms with Crippen molar-refractivity contribution in [3.63, 3.8) is 0 Å². The molecule has 0 bridgehead atoms. The molecule has 0 saturated heterocycles. The molecule has 0 aliphatic heterocycles. The van der Waals surface area contributed by atoms with Gasteiger partial charge in [-0.05, 0) is 67.0 Å². The summed E-state index contributed by atoms with van der Waals surface area (Å²) < 4.78 is 12.0. The summed E-state index contributed by atoms with van der Waals surface area (Å²) in [6.07, 6.45) is 4.12. The summed E-state index contributed by atoms with van der Waals surface area (Å²) in [7, 11) is 1.94. The van der Waals surface area contributed by atoms with E-state index in [-0.39, 0.29) is 22.9 Å². The van der Waals surface area contributed by atoms with E-state index in [2.05, 4.69) is 38.3 Å². The minimum atomic E-state index is -0.252. The van der Waals surface area contributed by atoms with Crippen LogP contribution in [0.15, 0.2) is 0 Å². The number of amides is 1. The molecular weight excluding hydrogens is 332 g/mol. The largest absolute Gasteiger partial charge is 0.375 e. The smallest absolute Gasteiger partial charge is 0.220 e. The first-order chi connectivity index (χ1) is 12.1. The van der Waals surface area contributed by atoms with Gasteiger partial charge in [0.2, 0.25) is 5.91 Å². The van der Waals surface area contributed by atoms with Gasteiger partial charge in [0.15, 0.2) is 0 Å². The zero-order valence-corrected chi connectivity index (χ0v) is 17.7. The highest BCUT2D eigenvalue weighted by Crippen LogP contribution is 2.22. The number of rotatable bonds is 16. The Labute approximate surface area is 159 Å². The number of nitrogens with one attached hydrogen (secondary N) is 2. The minimum Gasteiger partial charge on any atom is -0.375 e. The van der Waals surface area contributed by atoms with Crippen molar-refractivity contribution in [2.24, 2.45) is 0 Å². The number of Topliss-reactive ketones (excluding diaryl/α,β-unsaturated/α-hetero) is 1. The molecule has 0 radical (unpaired) electrons. The summed E-state index contributed by atoms with van der Waals surface area (Å²) in [6, 6.07) is 0. The van der Waals surface area contributed by atoms with Crippen LogP contribution in [0.1, 0.15) is 73.1 Å². The van der Waals surface area contributed by atoms with Crippen LogP contribution in [-0.2, 0) is 19.1 Å². The first-order valence-corrected chi connectivity index (χ1v) is 9.83. The minimum absolute atomic E-state index is 0.0253. The van der Waals surface area contributed by atoms with Gasteiger partial charge < -0.3 is 24.9 Å². The van der Waals surface area contributed by atoms with Crippen LogP contribution in [0, 0.1) is 0 Å². The van der Waals surface area contributed by atoms with Crippen LogP contribution in [0.2, 0.25) is 0 Å². The fraction of sp³-hybridized carbons (Fsp3) is 0.900. The van der Waals surface area contributed by atoms with Crippen molar-refractivity contribution in [3.05, 3.63) is 0 Å². The Morgan fingerprint density at radius 1 is 0.962 bits per heavy atom. The highest BCUT2D eigenvalue weighted by molar-refractivity contribution is 5.78. The molecule has 1 atom stereocenters. The van der Waals surface area contributed by atoms with E-state index < -0.39 is 0 Å². The Hall–Kier alpha value is -0.980. The van der Waals surface area contributed by atoms with Crippen molar-refractivity contribution in [1.82, 2.24) is 10.6 Å². The molecular formula is C20H40N2O4. The predicted octanol–water partition coefficient (Wildman–Crippen LogP) is 2.84. The molecule has 0 rings (SSSR count). The van der Waals surface area contributed by atoms with Gasteiger partial charge in [-0.15, -0.1) is 0 Å². The third-order valence-corrected chi connectivity index (χ3v) is 4.66. The van der Waals surface area contributed by atoms with Crippen molar-refractivity contribution >= 4 is 11.7 Å². The van der Waals surface area contributed by atoms with E-state index in [0.29, 0.717) is 39.0 Å². The lowest BCUT2D eigenvalue weighted by Crippen LogP contribution is -2.36. The van der Waals surface area contributed by atoms with Crippen LogP contribution in [0.4, 0.5) is 0 Å². The quantitative estimate of drug-likeness (QED) is 0.408. The summed E-state index contributed by atoms with van der Waals surface area (Å²) in [6.45, 7) is 12.5. The van der Waals surface area contributed by atoms with Gasteiger partial charge in [0.05, 0.1) is 24.4 Å². The van der Waals surface area contributed by atoms with Crippen molar-refractivity contribution in [2.75, 3.05) is 33.4 Å². The lowest BCUT2D eigenvalue weighted by atomic mass is 9.99. The summed E-state index contributed by atoms with van der Waals surface area (Å²) in [5.41, 5.74) is -0.399. The van der Waals surface area contributed by atoms with E-state index in [1.54, 1.807) is 6.92 Å². The maximum absolute atomic E-state index is 11.7. The Morgan fingerprint density at radius 2 is 1.65 bits per heavy atom. The standard InChI is InChI=1S/C20H40N2O4/c1-7-20(5,12-15-25-19(3,4)11-13-21-6)26-16-14-22-18(24)10-8-9-17(2)23/h21H,7-16H2,1-6H3,(H,22,24). The fourth-order valence-electron chi connectivity index (χ4n) is 2.47. The fourth-order valence-corrected chi connectivity index (χ4v) is 2.47. The molecule has 0 fully saturated rings. The third kappa shape index (κ3) is 13.3. The number of carbonyl (C=O) groups is 2. The molecule has 0 saturated carbocycles. The van der Waals surface area contributed by atoms with Crippen LogP contribution in [0.3, 0.4) is 0 Å². The second-order valence-corrected chi connectivity index (χ2v) is 7.77. The van der Waals surface area contributed by atoms with Crippen molar-refractivity contribution in [3.8, 4) is 0 Å². The molecule has 0 aliphatic carbocycles. The Bertz CT molecular complexity index is 413. The average Bonchev–Trinajstić information content (AvgIpc) is 2.56. The van der Waals surface area contributed by atoms with Gasteiger partial charge in [-0.25, -0.2) is 0 Å². The zero-order chi connectivity index (χ0) is 20.1. The summed E-state index contributed by atoms with van der Waals surface area (Å²) >= 11 is 0. The maximum atomic E-state index is 11.7. The van der Waals surface area contributed by atoms with E-state index >= 15 is 0 Å². The summed E-state index contributed by atoms with van der Waals surface area (Å²) in [5, 5.41) is 5.99. The number of ether oxygens (including phenoxy) is 2. The van der Waals surface area contributed by atoms with Crippen LogP contribution >= 0.6 is 0 Å². The van der Waals surface area contributed by atoms with Gasteiger partial charge in [0.25, 0.3) is 0 Å². The van der Waals surface area contributed by atoms with Gasteiger partial charge in [-0.1, -0.05) is 6.92 Å². The molecule has 0 aromatic rings. The maximum Gasteiger partial charge on any atom is 0.220 e. The highest BCUT2D eigenvalue weighted by Gasteiger charge is 2.25. The molecule has 154 valence electrons. The molecule has 0 spiro atoms. The third-order valence-electron chi connectivity index (χ3n) is 4.66. The van der Waals surface area contributed by atoms with Gasteiger partial charge in [0, 0.05) is 19.4 Å². The van der Waals surface area contributed by atoms with Crippen LogP contribution in [-0.4, -0.2) is 56.2 Å². The van der Waals surface area contributed by atoms with Gasteiger partial charge in [0.1, 0.15) is 5.78 Å². The van der Waals surface area contributed by atoms with Crippen LogP contribution in [0.25, 0.3) is 0 Å². The molecule has 0 aliphatic rings. The van der Waals surface area contributed by atoms with Crippen LogP contribution < -0.4 is 10.6 Å². The molecule has 2 N–H and O–H groups in total. The number of hydrogen-bond acceptors (Lipinski definition) is 5. The second-order valence-electron chi connectivity index (χ2n) is 7.77. The van der Waals surface area contributed by atoms with E-state index in [1.165, 1.54) is 0 Å². The first-order valence-electron chi connectivity index (χ1n) is 9.83. The molecule has 6 heteroatoms. The Morgan fingerprint density at radius 3 is 2.23 bits per heavy atom. The molecule has 6 nitrogen and oxygen atoms in total. The average molecular weight is 373 g/mol. The molecule has 1 amide bonds. The molecule has 0 aromatic carbocycles. The first kappa shape index (κ1) is 25.0. The molecule has 1 unspecified atom stereocenters. The molecule has 26 heavy (non-hydrogen) atoms. The van der Waals surface area contributed by atoms with E-state index in [1.807, 2.05) is 7.05 Å². The zero-order valence-electron chi connectivity index (χ0n) is 17.7. The lowest BCUT2D eigenvalue weighted by molar-refractivity contribution is -0.122. The summed E-state index contributed by atoms with van der Waals surface area (Å²) in [4.78, 5) is 22.5. The van der Waals surface area contributed by atoms with E-state index in [4.69, 9.17) is 9.47 Å². The highest BCUT2D eigenvalue weighted by atomic mass is 16.5. The Kier molecular flexibility index (Phi) is 12.7. The lowest BCUT2D eigenvalue weighted by Gasteiger charge is -2.31. The SMILES string of the molecule is CCC(C)(CCOC(C)(C)CCNC)OCCNC(=O)CCCC(C)=O. The normalized spacial score (nSPS) is 14.1.